The highest BCUT2D eigenvalue weighted by Gasteiger charge is 2.31. The summed E-state index contributed by atoms with van der Waals surface area (Å²) in [5.41, 5.74) is 0. The highest BCUT2D eigenvalue weighted by molar-refractivity contribution is 5.87. The lowest BCUT2D eigenvalue weighted by atomic mass is 10.1. The molecule has 1 rings (SSSR count). The molecule has 0 bridgehead atoms. The molecule has 4 heteroatoms. The third-order valence-electron chi connectivity index (χ3n) is 2.05. The molecule has 74 valence electrons. The topological polar surface area (TPSA) is 47.9 Å². The molecular formula is C9H15NO3. The van der Waals surface area contributed by atoms with Crippen LogP contribution in [0.2, 0.25) is 0 Å². The fourth-order valence-corrected chi connectivity index (χ4v) is 1.41. The van der Waals surface area contributed by atoms with Crippen LogP contribution in [-0.4, -0.2) is 31.6 Å². The van der Waals surface area contributed by atoms with E-state index < -0.39 is 0 Å². The number of rotatable bonds is 2. The number of ether oxygens (including phenoxy) is 2. The van der Waals surface area contributed by atoms with Crippen LogP contribution < -0.4 is 0 Å². The van der Waals surface area contributed by atoms with Gasteiger partial charge in [-0.15, -0.1) is 0 Å². The second-order valence-corrected chi connectivity index (χ2v) is 3.08. The van der Waals surface area contributed by atoms with Crippen LogP contribution in [0.3, 0.4) is 0 Å². The number of nitrogens with zero attached hydrogens (tertiary/aromatic N) is 1. The van der Waals surface area contributed by atoms with Crippen LogP contribution in [0, 0.1) is 5.92 Å². The third-order valence-corrected chi connectivity index (χ3v) is 2.05. The largest absolute Gasteiger partial charge is 0.484 e. The Bertz CT molecular complexity index is 225. The summed E-state index contributed by atoms with van der Waals surface area (Å²) < 4.78 is 9.89. The first-order valence-corrected chi connectivity index (χ1v) is 4.47. The summed E-state index contributed by atoms with van der Waals surface area (Å²) in [5, 5.41) is 0. The summed E-state index contributed by atoms with van der Waals surface area (Å²) in [7, 11) is 1.57. The van der Waals surface area contributed by atoms with E-state index in [1.165, 1.54) is 0 Å². The fraction of sp³-hybridized carbons (Fsp3) is 0.778. The average Bonchev–Trinajstić information content (AvgIpc) is 2.47. The van der Waals surface area contributed by atoms with Gasteiger partial charge in [0, 0.05) is 5.92 Å². The zero-order valence-electron chi connectivity index (χ0n) is 8.24. The quantitative estimate of drug-likeness (QED) is 0.603. The average molecular weight is 185 g/mol. The molecular weight excluding hydrogens is 170 g/mol. The Morgan fingerprint density at radius 1 is 1.69 bits per heavy atom. The van der Waals surface area contributed by atoms with Crippen molar-refractivity contribution in [2.75, 3.05) is 13.7 Å². The van der Waals surface area contributed by atoms with Crippen molar-refractivity contribution in [1.29, 1.82) is 0 Å². The van der Waals surface area contributed by atoms with Gasteiger partial charge in [-0.1, -0.05) is 6.92 Å². The minimum absolute atomic E-state index is 0.222. The smallest absolute Gasteiger partial charge is 0.331 e. The monoisotopic (exact) mass is 185 g/mol. The van der Waals surface area contributed by atoms with Crippen molar-refractivity contribution in [2.24, 2.45) is 10.9 Å². The van der Waals surface area contributed by atoms with Gasteiger partial charge in [0.25, 0.3) is 0 Å². The van der Waals surface area contributed by atoms with E-state index in [1.807, 2.05) is 6.92 Å². The first-order chi connectivity index (χ1) is 6.19. The van der Waals surface area contributed by atoms with Crippen molar-refractivity contribution < 1.29 is 14.3 Å². The normalized spacial score (nSPS) is 26.8. The second kappa shape index (κ2) is 4.25. The molecule has 1 aliphatic rings. The van der Waals surface area contributed by atoms with Gasteiger partial charge in [-0.2, -0.15) is 0 Å². The highest BCUT2D eigenvalue weighted by Crippen LogP contribution is 2.21. The van der Waals surface area contributed by atoms with Gasteiger partial charge in [-0.25, -0.2) is 9.79 Å². The number of methoxy groups -OCH3 is 1. The molecule has 0 aliphatic carbocycles. The van der Waals surface area contributed by atoms with Crippen LogP contribution in [-0.2, 0) is 14.3 Å². The van der Waals surface area contributed by atoms with E-state index in [1.54, 1.807) is 14.0 Å². The standard InChI is InChI=1S/C9H15NO3/c1-4-13-9(11)7-5-6(2)8(10-7)12-3/h6-7H,4-5H2,1-3H3/t6-,7?/m1/s1. The van der Waals surface area contributed by atoms with Gasteiger partial charge < -0.3 is 9.47 Å². The van der Waals surface area contributed by atoms with Crippen molar-refractivity contribution >= 4 is 11.9 Å². The van der Waals surface area contributed by atoms with E-state index in [0.29, 0.717) is 18.9 Å². The molecule has 13 heavy (non-hydrogen) atoms. The lowest BCUT2D eigenvalue weighted by Gasteiger charge is -2.05. The SMILES string of the molecule is CCOC(=O)C1C[C@@H](C)C(OC)=N1. The molecule has 4 nitrogen and oxygen atoms in total. The Kier molecular flexibility index (Phi) is 3.28. The summed E-state index contributed by atoms with van der Waals surface area (Å²) in [5.74, 6) is 0.624. The molecule has 0 aromatic rings. The van der Waals surface area contributed by atoms with Crippen molar-refractivity contribution in [3.63, 3.8) is 0 Å². The predicted octanol–water partition coefficient (Wildman–Crippen LogP) is 1.00. The summed E-state index contributed by atoms with van der Waals surface area (Å²) in [6, 6.07) is -0.357. The number of hydrogen-bond donors (Lipinski definition) is 0. The van der Waals surface area contributed by atoms with Gasteiger partial charge in [0.2, 0.25) is 0 Å². The molecule has 0 aromatic carbocycles. The molecule has 1 unspecified atom stereocenters. The molecule has 1 aliphatic heterocycles. The van der Waals surface area contributed by atoms with E-state index in [4.69, 9.17) is 9.47 Å². The number of hydrogen-bond acceptors (Lipinski definition) is 4. The highest BCUT2D eigenvalue weighted by atomic mass is 16.5. The van der Waals surface area contributed by atoms with Gasteiger partial charge in [-0.05, 0) is 13.3 Å². The molecule has 2 atom stereocenters. The van der Waals surface area contributed by atoms with Crippen LogP contribution in [0.1, 0.15) is 20.3 Å². The Labute approximate surface area is 77.9 Å². The van der Waals surface area contributed by atoms with Gasteiger partial charge in [0.15, 0.2) is 11.9 Å². The maximum absolute atomic E-state index is 11.3. The first kappa shape index (κ1) is 10.0. The number of carbonyl (C=O) groups excluding carboxylic acids is 1. The van der Waals surface area contributed by atoms with Gasteiger partial charge in [0.05, 0.1) is 13.7 Å². The predicted molar refractivity (Wildman–Crippen MR) is 48.6 cm³/mol. The molecule has 0 radical (unpaired) electrons. The number of carbonyl (C=O) groups is 1. The van der Waals surface area contributed by atoms with Gasteiger partial charge in [-0.3, -0.25) is 0 Å². The molecule has 0 saturated carbocycles. The summed E-state index contributed by atoms with van der Waals surface area (Å²) in [6.45, 7) is 4.18. The van der Waals surface area contributed by atoms with E-state index in [-0.39, 0.29) is 17.9 Å². The van der Waals surface area contributed by atoms with Gasteiger partial charge in [0.1, 0.15) is 0 Å². The first-order valence-electron chi connectivity index (χ1n) is 4.47. The summed E-state index contributed by atoms with van der Waals surface area (Å²) >= 11 is 0. The van der Waals surface area contributed by atoms with Crippen molar-refractivity contribution in [2.45, 2.75) is 26.3 Å². The van der Waals surface area contributed by atoms with E-state index in [0.717, 1.165) is 0 Å². The Morgan fingerprint density at radius 2 is 2.38 bits per heavy atom. The molecule has 0 N–H and O–H groups in total. The summed E-state index contributed by atoms with van der Waals surface area (Å²) in [6.07, 6.45) is 0.696. The van der Waals surface area contributed by atoms with E-state index >= 15 is 0 Å². The molecule has 0 aromatic heterocycles. The number of aliphatic imine (C=N–C) groups is 1. The van der Waals surface area contributed by atoms with Crippen LogP contribution in [0.15, 0.2) is 4.99 Å². The summed E-state index contributed by atoms with van der Waals surface area (Å²) in [4.78, 5) is 15.4. The minimum atomic E-state index is -0.357. The van der Waals surface area contributed by atoms with Crippen molar-refractivity contribution in [1.82, 2.24) is 0 Å². The maximum Gasteiger partial charge on any atom is 0.331 e. The zero-order chi connectivity index (χ0) is 9.84. The Balaban J connectivity index is 2.56. The van der Waals surface area contributed by atoms with Crippen molar-refractivity contribution in [3.8, 4) is 0 Å². The fourth-order valence-electron chi connectivity index (χ4n) is 1.41. The lowest BCUT2D eigenvalue weighted by Crippen LogP contribution is -2.19. The lowest BCUT2D eigenvalue weighted by molar-refractivity contribution is -0.144. The molecule has 0 fully saturated rings. The Morgan fingerprint density at radius 3 is 2.85 bits per heavy atom. The van der Waals surface area contributed by atoms with E-state index in [2.05, 4.69) is 4.99 Å². The van der Waals surface area contributed by atoms with Crippen LogP contribution >= 0.6 is 0 Å². The van der Waals surface area contributed by atoms with Crippen LogP contribution in [0.25, 0.3) is 0 Å². The zero-order valence-corrected chi connectivity index (χ0v) is 8.24. The molecule has 0 amide bonds. The van der Waals surface area contributed by atoms with Crippen LogP contribution in [0.4, 0.5) is 0 Å². The second-order valence-electron chi connectivity index (χ2n) is 3.08. The maximum atomic E-state index is 11.3. The third kappa shape index (κ3) is 2.20. The minimum Gasteiger partial charge on any atom is -0.484 e. The Hall–Kier alpha value is -1.06. The molecule has 0 saturated heterocycles. The van der Waals surface area contributed by atoms with Gasteiger partial charge >= 0.3 is 5.97 Å². The van der Waals surface area contributed by atoms with Crippen LogP contribution in [0.5, 0.6) is 0 Å². The van der Waals surface area contributed by atoms with E-state index in [9.17, 15) is 4.79 Å². The van der Waals surface area contributed by atoms with Crippen molar-refractivity contribution in [3.05, 3.63) is 0 Å². The molecule has 1 heterocycles. The number of esters is 1. The molecule has 0 spiro atoms.